The largest absolute Gasteiger partial charge is 0.497 e. The van der Waals surface area contributed by atoms with Crippen molar-refractivity contribution < 1.29 is 23.0 Å². The molecular formula is C32H36FN3O4. The predicted octanol–water partition coefficient (Wildman–Crippen LogP) is 6.92. The highest BCUT2D eigenvalue weighted by Crippen LogP contribution is 2.41. The number of hydrogen-bond donors (Lipinski definition) is 1. The summed E-state index contributed by atoms with van der Waals surface area (Å²) in [6.45, 7) is 7.66. The number of ether oxygens (including phenoxy) is 3. The van der Waals surface area contributed by atoms with Gasteiger partial charge < -0.3 is 24.4 Å². The van der Waals surface area contributed by atoms with Crippen molar-refractivity contribution in [2.24, 2.45) is 0 Å². The van der Waals surface area contributed by atoms with E-state index in [4.69, 9.17) is 24.4 Å². The molecule has 0 unspecified atom stereocenters. The van der Waals surface area contributed by atoms with E-state index in [1.165, 1.54) is 17.7 Å². The summed E-state index contributed by atoms with van der Waals surface area (Å²) in [5, 5.41) is 0. The lowest BCUT2D eigenvalue weighted by Gasteiger charge is -2.33. The maximum atomic E-state index is 13.6. The first-order valence-corrected chi connectivity index (χ1v) is 13.8. The minimum atomic E-state index is -0.272. The molecule has 1 aromatic heterocycles. The number of anilines is 1. The number of rotatable bonds is 10. The van der Waals surface area contributed by atoms with Crippen molar-refractivity contribution in [2.45, 2.75) is 39.2 Å². The van der Waals surface area contributed by atoms with E-state index in [9.17, 15) is 4.39 Å². The molecule has 2 N–H and O–H groups in total. The van der Waals surface area contributed by atoms with Crippen molar-refractivity contribution in [2.75, 3.05) is 39.1 Å². The molecular weight excluding hydrogens is 509 g/mol. The Labute approximate surface area is 234 Å². The maximum Gasteiger partial charge on any atom is 0.292 e. The fraction of sp³-hybridized carbons (Fsp3) is 0.344. The average molecular weight is 546 g/mol. The van der Waals surface area contributed by atoms with Gasteiger partial charge in [0.1, 0.15) is 35.0 Å². The van der Waals surface area contributed by atoms with E-state index >= 15 is 0 Å². The Morgan fingerprint density at radius 1 is 0.975 bits per heavy atom. The van der Waals surface area contributed by atoms with Gasteiger partial charge in [0.15, 0.2) is 0 Å². The third-order valence-electron chi connectivity index (χ3n) is 7.35. The topological polar surface area (TPSA) is 83.0 Å². The number of oxazole rings is 1. The quantitative estimate of drug-likeness (QED) is 0.232. The summed E-state index contributed by atoms with van der Waals surface area (Å²) in [4.78, 5) is 6.83. The van der Waals surface area contributed by atoms with Crippen molar-refractivity contribution >= 4 is 6.01 Å². The van der Waals surface area contributed by atoms with Crippen LogP contribution >= 0.6 is 0 Å². The van der Waals surface area contributed by atoms with Gasteiger partial charge in [-0.3, -0.25) is 4.90 Å². The summed E-state index contributed by atoms with van der Waals surface area (Å²) < 4.78 is 36.5. The summed E-state index contributed by atoms with van der Waals surface area (Å²) in [6.07, 6.45) is 3.62. The number of nitrogen functional groups attached to an aromatic ring is 1. The third kappa shape index (κ3) is 6.07. The van der Waals surface area contributed by atoms with E-state index in [0.717, 1.165) is 77.7 Å². The van der Waals surface area contributed by atoms with Gasteiger partial charge >= 0.3 is 0 Å². The highest BCUT2D eigenvalue weighted by Gasteiger charge is 2.25. The van der Waals surface area contributed by atoms with Gasteiger partial charge in [-0.2, -0.15) is 4.98 Å². The number of halogens is 1. The Morgan fingerprint density at radius 3 is 2.23 bits per heavy atom. The van der Waals surface area contributed by atoms with Gasteiger partial charge in [0.2, 0.25) is 0 Å². The average Bonchev–Trinajstić information content (AvgIpc) is 3.40. The Bertz CT molecular complexity index is 1400. The number of piperidine rings is 1. The van der Waals surface area contributed by atoms with Crippen LogP contribution in [0.2, 0.25) is 0 Å². The normalized spacial score (nSPS) is 14.3. The summed E-state index contributed by atoms with van der Waals surface area (Å²) in [7, 11) is 1.66. The summed E-state index contributed by atoms with van der Waals surface area (Å²) in [5.41, 5.74) is 11.6. The fourth-order valence-corrected chi connectivity index (χ4v) is 5.49. The molecule has 0 bridgehead atoms. The highest BCUT2D eigenvalue weighted by atomic mass is 19.1. The zero-order valence-corrected chi connectivity index (χ0v) is 23.3. The second kappa shape index (κ2) is 12.4. The van der Waals surface area contributed by atoms with Gasteiger partial charge in [0.05, 0.1) is 25.9 Å². The van der Waals surface area contributed by atoms with Crippen LogP contribution in [0.1, 0.15) is 43.7 Å². The van der Waals surface area contributed by atoms with Gasteiger partial charge in [-0.15, -0.1) is 0 Å². The molecule has 8 heteroatoms. The molecule has 40 heavy (non-hydrogen) atoms. The first kappa shape index (κ1) is 27.5. The van der Waals surface area contributed by atoms with Crippen LogP contribution < -0.4 is 19.9 Å². The molecule has 0 amide bonds. The van der Waals surface area contributed by atoms with E-state index in [-0.39, 0.29) is 11.8 Å². The van der Waals surface area contributed by atoms with E-state index in [2.05, 4.69) is 28.1 Å². The number of aromatic nitrogens is 1. The molecule has 1 aliphatic rings. The fourth-order valence-electron chi connectivity index (χ4n) is 5.49. The molecule has 0 radical (unpaired) electrons. The molecule has 5 rings (SSSR count). The number of benzene rings is 3. The Balaban J connectivity index is 1.35. The van der Waals surface area contributed by atoms with Crippen molar-refractivity contribution in [3.63, 3.8) is 0 Å². The van der Waals surface area contributed by atoms with Crippen LogP contribution in [-0.2, 0) is 6.54 Å². The highest BCUT2D eigenvalue weighted by molar-refractivity contribution is 5.77. The molecule has 1 aliphatic heterocycles. The maximum absolute atomic E-state index is 13.6. The Kier molecular flexibility index (Phi) is 8.55. The minimum absolute atomic E-state index is 0.155. The van der Waals surface area contributed by atoms with Crippen molar-refractivity contribution in [3.05, 3.63) is 77.8 Å². The van der Waals surface area contributed by atoms with E-state index in [1.54, 1.807) is 25.5 Å². The van der Waals surface area contributed by atoms with Gasteiger partial charge in [0.25, 0.3) is 6.01 Å². The zero-order valence-electron chi connectivity index (χ0n) is 23.3. The lowest BCUT2D eigenvalue weighted by Crippen LogP contribution is -2.32. The monoisotopic (exact) mass is 545 g/mol. The second-order valence-corrected chi connectivity index (χ2v) is 9.91. The Hall–Kier alpha value is -4.04. The van der Waals surface area contributed by atoms with Gasteiger partial charge in [-0.05, 0) is 98.8 Å². The number of methoxy groups -OCH3 is 1. The van der Waals surface area contributed by atoms with Crippen LogP contribution in [-0.4, -0.2) is 43.3 Å². The molecule has 2 heterocycles. The molecule has 0 atom stereocenters. The van der Waals surface area contributed by atoms with Crippen LogP contribution in [0.3, 0.4) is 0 Å². The lowest BCUT2D eigenvalue weighted by molar-refractivity contribution is 0.204. The minimum Gasteiger partial charge on any atom is -0.497 e. The van der Waals surface area contributed by atoms with Gasteiger partial charge in [0, 0.05) is 12.1 Å². The van der Waals surface area contributed by atoms with Gasteiger partial charge in [-0.1, -0.05) is 18.2 Å². The van der Waals surface area contributed by atoms with E-state index in [0.29, 0.717) is 19.1 Å². The van der Waals surface area contributed by atoms with Crippen LogP contribution in [0.25, 0.3) is 22.4 Å². The zero-order chi connectivity index (χ0) is 28.1. The van der Waals surface area contributed by atoms with Crippen molar-refractivity contribution in [1.29, 1.82) is 0 Å². The van der Waals surface area contributed by atoms with Crippen LogP contribution in [0.4, 0.5) is 10.4 Å². The van der Waals surface area contributed by atoms with Crippen molar-refractivity contribution in [3.8, 4) is 39.6 Å². The molecule has 0 aliphatic carbocycles. The molecule has 4 aromatic rings. The molecule has 3 aromatic carbocycles. The van der Waals surface area contributed by atoms with Crippen LogP contribution in [0.5, 0.6) is 17.2 Å². The molecule has 210 valence electrons. The number of nitrogens with zero attached hydrogens (tertiary/aromatic N) is 2. The number of likely N-dealkylation sites (tertiary alicyclic amines) is 1. The summed E-state index contributed by atoms with van der Waals surface area (Å²) in [6, 6.07) is 16.9. The molecule has 1 fully saturated rings. The van der Waals surface area contributed by atoms with E-state index in [1.807, 2.05) is 26.0 Å². The summed E-state index contributed by atoms with van der Waals surface area (Å²) >= 11 is 0. The Morgan fingerprint density at radius 2 is 1.65 bits per heavy atom. The van der Waals surface area contributed by atoms with Gasteiger partial charge in [-0.25, -0.2) is 4.39 Å². The van der Waals surface area contributed by atoms with Crippen LogP contribution in [0, 0.1) is 5.82 Å². The van der Waals surface area contributed by atoms with Crippen molar-refractivity contribution in [1.82, 2.24) is 9.88 Å². The molecule has 1 saturated heterocycles. The molecule has 0 spiro atoms. The SMILES string of the molecule is CCOc1cc(CN2CCC(c3ccc(OC)cc3-c3coc(N)n3)CC2)cc(OCC)c1-c1ccc(F)cc1. The first-order chi connectivity index (χ1) is 19.5. The first-order valence-electron chi connectivity index (χ1n) is 13.8. The smallest absolute Gasteiger partial charge is 0.292 e. The van der Waals surface area contributed by atoms with Crippen LogP contribution in [0.15, 0.2) is 65.3 Å². The number of nitrogens with two attached hydrogens (primary N) is 1. The standard InChI is InChI=1S/C32H36FN3O4/c1-4-38-29-16-21(17-30(39-5-2)31(29)23-6-8-24(33)9-7-23)19-36-14-12-22(13-15-36)26-11-10-25(37-3)18-27(26)28-20-40-32(34)35-28/h6-11,16-18,20,22H,4-5,12-15,19H2,1-3H3,(H2,34,35). The third-order valence-corrected chi connectivity index (χ3v) is 7.35. The molecule has 0 saturated carbocycles. The molecule has 7 nitrogen and oxygen atoms in total. The number of hydrogen-bond acceptors (Lipinski definition) is 7. The predicted molar refractivity (Wildman–Crippen MR) is 154 cm³/mol. The van der Waals surface area contributed by atoms with E-state index < -0.39 is 0 Å². The summed E-state index contributed by atoms with van der Waals surface area (Å²) in [5.74, 6) is 2.39. The second-order valence-electron chi connectivity index (χ2n) is 9.91. The lowest BCUT2D eigenvalue weighted by atomic mass is 9.85.